The van der Waals surface area contributed by atoms with E-state index in [1.807, 2.05) is 6.07 Å². The van der Waals surface area contributed by atoms with Gasteiger partial charge in [0.1, 0.15) is 5.75 Å². The molecule has 1 fully saturated rings. The molecule has 1 saturated heterocycles. The van der Waals surface area contributed by atoms with Gasteiger partial charge in [-0.2, -0.15) is 0 Å². The van der Waals surface area contributed by atoms with Crippen molar-refractivity contribution in [3.8, 4) is 5.75 Å². The van der Waals surface area contributed by atoms with Crippen molar-refractivity contribution in [1.82, 2.24) is 0 Å². The first kappa shape index (κ1) is 13.9. The minimum atomic E-state index is -0.124. The number of phenolic OH excluding ortho intramolecular Hbond substituents is 1. The van der Waals surface area contributed by atoms with Crippen LogP contribution in [0.1, 0.15) is 31.4 Å². The molecule has 20 heavy (non-hydrogen) atoms. The third-order valence-corrected chi connectivity index (χ3v) is 4.97. The van der Waals surface area contributed by atoms with E-state index >= 15 is 0 Å². The van der Waals surface area contributed by atoms with E-state index in [1.165, 1.54) is 5.57 Å². The molecule has 2 N–H and O–H groups in total. The number of hydrogen-bond acceptors (Lipinski definition) is 3. The summed E-state index contributed by atoms with van der Waals surface area (Å²) in [6, 6.07) is 5.24. The second-order valence-electron chi connectivity index (χ2n) is 6.06. The molecular formula is C16H19ClO3. The number of phenols is 1. The maximum absolute atomic E-state index is 9.65. The highest BCUT2D eigenvalue weighted by atomic mass is 35.5. The van der Waals surface area contributed by atoms with E-state index in [1.54, 1.807) is 12.1 Å². The zero-order valence-corrected chi connectivity index (χ0v) is 12.2. The Hall–Kier alpha value is -1.03. The molecule has 2 bridgehead atoms. The fourth-order valence-electron chi connectivity index (χ4n) is 3.29. The molecule has 108 valence electrons. The molecule has 1 aliphatic heterocycles. The minimum Gasteiger partial charge on any atom is -0.506 e. The van der Waals surface area contributed by atoms with E-state index in [0.717, 1.165) is 18.4 Å². The van der Waals surface area contributed by atoms with E-state index in [0.29, 0.717) is 11.6 Å². The molecule has 0 amide bonds. The van der Waals surface area contributed by atoms with Crippen molar-refractivity contribution >= 4 is 11.6 Å². The lowest BCUT2D eigenvalue weighted by molar-refractivity contribution is -0.113. The number of aliphatic hydroxyl groups is 1. The van der Waals surface area contributed by atoms with Crippen LogP contribution < -0.4 is 0 Å². The van der Waals surface area contributed by atoms with Gasteiger partial charge in [0.2, 0.25) is 0 Å². The van der Waals surface area contributed by atoms with E-state index in [2.05, 4.69) is 13.0 Å². The largest absolute Gasteiger partial charge is 0.506 e. The summed E-state index contributed by atoms with van der Waals surface area (Å²) in [5, 5.41) is 19.5. The number of aromatic hydroxyl groups is 1. The monoisotopic (exact) mass is 294 g/mol. The van der Waals surface area contributed by atoms with Gasteiger partial charge in [0, 0.05) is 11.3 Å². The standard InChI is InChI=1S/C16H19ClO3/c1-10-4-5-16(8-18)7-12(10)15(20-9-16)11-2-3-14(19)13(17)6-11/h2-4,6,12,15,18-19H,5,7-9H2,1H3/t12-,15+,16-/m1/s1. The van der Waals surface area contributed by atoms with Crippen LogP contribution in [0.3, 0.4) is 0 Å². The van der Waals surface area contributed by atoms with Crippen molar-refractivity contribution in [3.05, 3.63) is 40.4 Å². The maximum Gasteiger partial charge on any atom is 0.134 e. The smallest absolute Gasteiger partial charge is 0.134 e. The van der Waals surface area contributed by atoms with E-state index in [-0.39, 0.29) is 29.8 Å². The second kappa shape index (κ2) is 5.06. The number of halogens is 1. The SMILES string of the molecule is CC1=CC[C@@]2(CO)CO[C@@H](c3ccc(O)c(Cl)c3)[C@@H]1C2. The Morgan fingerprint density at radius 1 is 1.45 bits per heavy atom. The molecule has 0 unspecified atom stereocenters. The lowest BCUT2D eigenvalue weighted by atomic mass is 9.67. The van der Waals surface area contributed by atoms with Gasteiger partial charge >= 0.3 is 0 Å². The summed E-state index contributed by atoms with van der Waals surface area (Å²) in [6.45, 7) is 2.85. The number of fused-ring (bicyclic) bond motifs is 2. The van der Waals surface area contributed by atoms with E-state index < -0.39 is 0 Å². The number of rotatable bonds is 2. The first-order chi connectivity index (χ1) is 9.54. The van der Waals surface area contributed by atoms with Gasteiger partial charge < -0.3 is 14.9 Å². The molecule has 0 saturated carbocycles. The van der Waals surface area contributed by atoms with Crippen LogP contribution in [-0.4, -0.2) is 23.4 Å². The van der Waals surface area contributed by atoms with Crippen molar-refractivity contribution in [2.75, 3.05) is 13.2 Å². The molecule has 0 radical (unpaired) electrons. The van der Waals surface area contributed by atoms with Crippen molar-refractivity contribution < 1.29 is 14.9 Å². The number of aliphatic hydroxyl groups excluding tert-OH is 1. The zero-order valence-electron chi connectivity index (χ0n) is 11.5. The Kier molecular flexibility index (Phi) is 3.53. The molecule has 3 rings (SSSR count). The van der Waals surface area contributed by atoms with E-state index in [4.69, 9.17) is 16.3 Å². The first-order valence-electron chi connectivity index (χ1n) is 6.92. The maximum atomic E-state index is 9.65. The number of ether oxygens (including phenoxy) is 1. The summed E-state index contributed by atoms with van der Waals surface area (Å²) in [4.78, 5) is 0. The summed E-state index contributed by atoms with van der Waals surface area (Å²) >= 11 is 6.00. The molecular weight excluding hydrogens is 276 g/mol. The molecule has 1 aliphatic carbocycles. The highest BCUT2D eigenvalue weighted by Crippen LogP contribution is 2.50. The molecule has 0 spiro atoms. The summed E-state index contributed by atoms with van der Waals surface area (Å²) < 4.78 is 6.05. The van der Waals surface area contributed by atoms with Gasteiger partial charge in [0.25, 0.3) is 0 Å². The summed E-state index contributed by atoms with van der Waals surface area (Å²) in [7, 11) is 0. The normalized spacial score (nSPS) is 32.9. The summed E-state index contributed by atoms with van der Waals surface area (Å²) in [6.07, 6.45) is 4.00. The van der Waals surface area contributed by atoms with Gasteiger partial charge in [0.05, 0.1) is 24.3 Å². The highest BCUT2D eigenvalue weighted by molar-refractivity contribution is 6.32. The number of allylic oxidation sites excluding steroid dienone is 1. The van der Waals surface area contributed by atoms with Crippen LogP contribution in [0.25, 0.3) is 0 Å². The molecule has 1 heterocycles. The summed E-state index contributed by atoms with van der Waals surface area (Å²) in [5.41, 5.74) is 2.17. The molecule has 1 aromatic rings. The Labute approximate surface area is 123 Å². The van der Waals surface area contributed by atoms with Crippen molar-refractivity contribution in [1.29, 1.82) is 0 Å². The van der Waals surface area contributed by atoms with Crippen LogP contribution in [0.4, 0.5) is 0 Å². The van der Waals surface area contributed by atoms with Crippen LogP contribution in [0, 0.1) is 11.3 Å². The van der Waals surface area contributed by atoms with Crippen LogP contribution >= 0.6 is 11.6 Å². The fourth-order valence-corrected chi connectivity index (χ4v) is 3.48. The first-order valence-corrected chi connectivity index (χ1v) is 7.30. The predicted octanol–water partition coefficient (Wildman–Crippen LogP) is 3.45. The topological polar surface area (TPSA) is 49.7 Å². The van der Waals surface area contributed by atoms with Crippen molar-refractivity contribution in [2.45, 2.75) is 25.9 Å². The fraction of sp³-hybridized carbons (Fsp3) is 0.500. The van der Waals surface area contributed by atoms with Crippen LogP contribution in [0.2, 0.25) is 5.02 Å². The summed E-state index contributed by atoms with van der Waals surface area (Å²) in [5.74, 6) is 0.358. The van der Waals surface area contributed by atoms with E-state index in [9.17, 15) is 10.2 Å². The van der Waals surface area contributed by atoms with Gasteiger partial charge in [0.15, 0.2) is 0 Å². The molecule has 3 atom stereocenters. The third-order valence-electron chi connectivity index (χ3n) is 4.67. The van der Waals surface area contributed by atoms with Gasteiger partial charge in [-0.3, -0.25) is 0 Å². The average Bonchev–Trinajstić information content (AvgIpc) is 2.47. The van der Waals surface area contributed by atoms with Crippen LogP contribution in [0.15, 0.2) is 29.8 Å². The van der Waals surface area contributed by atoms with Gasteiger partial charge in [-0.1, -0.05) is 29.3 Å². The molecule has 1 aromatic carbocycles. The lowest BCUT2D eigenvalue weighted by Crippen LogP contribution is -2.43. The van der Waals surface area contributed by atoms with Gasteiger partial charge in [-0.15, -0.1) is 0 Å². The van der Waals surface area contributed by atoms with Crippen molar-refractivity contribution in [3.63, 3.8) is 0 Å². The highest BCUT2D eigenvalue weighted by Gasteiger charge is 2.44. The molecule has 2 aliphatic rings. The average molecular weight is 295 g/mol. The molecule has 3 nitrogen and oxygen atoms in total. The Morgan fingerprint density at radius 2 is 2.25 bits per heavy atom. The predicted molar refractivity (Wildman–Crippen MR) is 77.8 cm³/mol. The lowest BCUT2D eigenvalue weighted by Gasteiger charge is -2.47. The van der Waals surface area contributed by atoms with Crippen LogP contribution in [-0.2, 0) is 4.74 Å². The van der Waals surface area contributed by atoms with Crippen molar-refractivity contribution in [2.24, 2.45) is 11.3 Å². The Morgan fingerprint density at radius 3 is 2.95 bits per heavy atom. The van der Waals surface area contributed by atoms with Gasteiger partial charge in [-0.05, 0) is 37.5 Å². The second-order valence-corrected chi connectivity index (χ2v) is 6.47. The van der Waals surface area contributed by atoms with Crippen LogP contribution in [0.5, 0.6) is 5.75 Å². The Bertz CT molecular complexity index is 555. The Balaban J connectivity index is 1.93. The number of hydrogen-bond donors (Lipinski definition) is 2. The zero-order chi connectivity index (χ0) is 14.3. The minimum absolute atomic E-state index is 0.0516. The molecule has 4 heteroatoms. The quantitative estimate of drug-likeness (QED) is 0.821. The third kappa shape index (κ3) is 2.24. The number of benzene rings is 1. The van der Waals surface area contributed by atoms with Gasteiger partial charge in [-0.25, -0.2) is 0 Å². The molecule has 0 aromatic heterocycles.